The number of halogens is 2. The summed E-state index contributed by atoms with van der Waals surface area (Å²) in [6.07, 6.45) is 3.48. The monoisotopic (exact) mass is 302 g/mol. The number of carbonyl (C=O) groups excluding carboxylic acids is 1. The standard InChI is InChI=1S/C13H16Cl2N2O2/c1-2-19-13(18)11-4-3-5-17(11)8-9-7-16-12(15)6-10(9)14/h6-7,11H,2-5,8H2,1H3. The highest BCUT2D eigenvalue weighted by atomic mass is 35.5. The molecule has 0 saturated carbocycles. The molecule has 1 aliphatic rings. The first-order chi connectivity index (χ1) is 9.11. The Morgan fingerprint density at radius 2 is 2.37 bits per heavy atom. The van der Waals surface area contributed by atoms with Crippen LogP contribution in [-0.4, -0.2) is 35.0 Å². The zero-order valence-electron chi connectivity index (χ0n) is 10.7. The Balaban J connectivity index is 2.07. The summed E-state index contributed by atoms with van der Waals surface area (Å²) in [6, 6.07) is 1.44. The smallest absolute Gasteiger partial charge is 0.323 e. The first kappa shape index (κ1) is 14.6. The normalized spacial score (nSPS) is 19.6. The molecule has 0 aromatic carbocycles. The maximum Gasteiger partial charge on any atom is 0.323 e. The van der Waals surface area contributed by atoms with E-state index in [1.54, 1.807) is 12.3 Å². The topological polar surface area (TPSA) is 42.4 Å². The maximum atomic E-state index is 11.9. The lowest BCUT2D eigenvalue weighted by Crippen LogP contribution is -2.36. The average Bonchev–Trinajstić information content (AvgIpc) is 2.81. The second-order valence-corrected chi connectivity index (χ2v) is 5.27. The third kappa shape index (κ3) is 3.59. The maximum absolute atomic E-state index is 11.9. The molecule has 104 valence electrons. The van der Waals surface area contributed by atoms with E-state index < -0.39 is 0 Å². The molecule has 4 nitrogen and oxygen atoms in total. The van der Waals surface area contributed by atoms with E-state index in [2.05, 4.69) is 9.88 Å². The highest BCUT2D eigenvalue weighted by Crippen LogP contribution is 2.25. The van der Waals surface area contributed by atoms with Crippen LogP contribution in [0.4, 0.5) is 0 Å². The van der Waals surface area contributed by atoms with Crippen LogP contribution in [0, 0.1) is 0 Å². The number of nitrogens with zero attached hydrogens (tertiary/aromatic N) is 2. The first-order valence-corrected chi connectivity index (χ1v) is 7.08. The van der Waals surface area contributed by atoms with E-state index >= 15 is 0 Å². The lowest BCUT2D eigenvalue weighted by Gasteiger charge is -2.23. The number of likely N-dealkylation sites (tertiary alicyclic amines) is 1. The molecule has 1 aromatic rings. The highest BCUT2D eigenvalue weighted by Gasteiger charge is 2.32. The predicted octanol–water partition coefficient (Wildman–Crippen LogP) is 2.92. The number of hydrogen-bond acceptors (Lipinski definition) is 4. The van der Waals surface area contributed by atoms with Crippen LogP contribution in [0.1, 0.15) is 25.3 Å². The number of aromatic nitrogens is 1. The quantitative estimate of drug-likeness (QED) is 0.633. The van der Waals surface area contributed by atoms with Crippen molar-refractivity contribution in [2.75, 3.05) is 13.2 Å². The van der Waals surface area contributed by atoms with Crippen molar-refractivity contribution in [1.82, 2.24) is 9.88 Å². The summed E-state index contributed by atoms with van der Waals surface area (Å²) in [5.41, 5.74) is 0.877. The molecule has 1 saturated heterocycles. The summed E-state index contributed by atoms with van der Waals surface area (Å²) < 4.78 is 5.09. The lowest BCUT2D eigenvalue weighted by molar-refractivity contribution is -0.148. The number of rotatable bonds is 4. The zero-order valence-corrected chi connectivity index (χ0v) is 12.2. The average molecular weight is 303 g/mol. The fourth-order valence-electron chi connectivity index (χ4n) is 2.29. The van der Waals surface area contributed by atoms with E-state index in [1.807, 2.05) is 6.92 Å². The van der Waals surface area contributed by atoms with E-state index in [0.29, 0.717) is 23.3 Å². The van der Waals surface area contributed by atoms with Crippen molar-refractivity contribution in [1.29, 1.82) is 0 Å². The van der Waals surface area contributed by atoms with Crippen molar-refractivity contribution in [3.8, 4) is 0 Å². The largest absolute Gasteiger partial charge is 0.465 e. The van der Waals surface area contributed by atoms with Gasteiger partial charge >= 0.3 is 5.97 Å². The van der Waals surface area contributed by atoms with Crippen LogP contribution in [0.15, 0.2) is 12.3 Å². The molecular formula is C13H16Cl2N2O2. The van der Waals surface area contributed by atoms with Crippen molar-refractivity contribution in [3.63, 3.8) is 0 Å². The molecule has 0 spiro atoms. The zero-order chi connectivity index (χ0) is 13.8. The number of pyridine rings is 1. The molecule has 2 rings (SSSR count). The number of ether oxygens (including phenoxy) is 1. The lowest BCUT2D eigenvalue weighted by atomic mass is 10.2. The molecule has 0 amide bonds. The van der Waals surface area contributed by atoms with Crippen molar-refractivity contribution in [3.05, 3.63) is 28.0 Å². The first-order valence-electron chi connectivity index (χ1n) is 6.32. The van der Waals surface area contributed by atoms with Crippen molar-refractivity contribution in [2.45, 2.75) is 32.4 Å². The molecule has 19 heavy (non-hydrogen) atoms. The van der Waals surface area contributed by atoms with E-state index in [4.69, 9.17) is 27.9 Å². The summed E-state index contributed by atoms with van der Waals surface area (Å²) in [5.74, 6) is -0.155. The van der Waals surface area contributed by atoms with Crippen LogP contribution < -0.4 is 0 Å². The molecule has 1 atom stereocenters. The van der Waals surface area contributed by atoms with Gasteiger partial charge in [0.1, 0.15) is 11.2 Å². The number of hydrogen-bond donors (Lipinski definition) is 0. The predicted molar refractivity (Wildman–Crippen MR) is 74.3 cm³/mol. The van der Waals surface area contributed by atoms with Gasteiger partial charge < -0.3 is 4.74 Å². The van der Waals surface area contributed by atoms with Gasteiger partial charge in [0.15, 0.2) is 0 Å². The Labute approximate surface area is 122 Å². The van der Waals surface area contributed by atoms with Crippen LogP contribution in [0.2, 0.25) is 10.2 Å². The minimum absolute atomic E-state index is 0.155. The van der Waals surface area contributed by atoms with Gasteiger partial charge in [-0.2, -0.15) is 0 Å². The molecule has 1 unspecified atom stereocenters. The van der Waals surface area contributed by atoms with Crippen LogP contribution in [0.3, 0.4) is 0 Å². The molecule has 1 fully saturated rings. The van der Waals surface area contributed by atoms with Crippen LogP contribution >= 0.6 is 23.2 Å². The molecule has 1 aliphatic heterocycles. The van der Waals surface area contributed by atoms with Gasteiger partial charge in [-0.25, -0.2) is 4.98 Å². The number of carbonyl (C=O) groups is 1. The minimum atomic E-state index is -0.174. The summed E-state index contributed by atoms with van der Waals surface area (Å²) in [4.78, 5) is 18.0. The molecule has 0 bridgehead atoms. The third-order valence-electron chi connectivity index (χ3n) is 3.19. The summed E-state index contributed by atoms with van der Waals surface area (Å²) in [6.45, 7) is 3.68. The molecule has 6 heteroatoms. The van der Waals surface area contributed by atoms with Gasteiger partial charge in [-0.05, 0) is 32.4 Å². The Morgan fingerprint density at radius 1 is 1.58 bits per heavy atom. The van der Waals surface area contributed by atoms with Gasteiger partial charge in [0.05, 0.1) is 6.61 Å². The fraction of sp³-hybridized carbons (Fsp3) is 0.538. The minimum Gasteiger partial charge on any atom is -0.465 e. The molecular weight excluding hydrogens is 287 g/mol. The Kier molecular flexibility index (Phi) is 5.02. The van der Waals surface area contributed by atoms with Gasteiger partial charge in [-0.1, -0.05) is 23.2 Å². The number of esters is 1. The summed E-state index contributed by atoms with van der Waals surface area (Å²) in [5, 5.41) is 0.951. The van der Waals surface area contributed by atoms with Gasteiger partial charge in [0.2, 0.25) is 0 Å². The van der Waals surface area contributed by atoms with E-state index in [1.165, 1.54) is 0 Å². The van der Waals surface area contributed by atoms with E-state index in [-0.39, 0.29) is 12.0 Å². The third-order valence-corrected chi connectivity index (χ3v) is 3.75. The van der Waals surface area contributed by atoms with Crippen molar-refractivity contribution < 1.29 is 9.53 Å². The summed E-state index contributed by atoms with van der Waals surface area (Å²) >= 11 is 11.9. The molecule has 0 aliphatic carbocycles. The fourth-order valence-corrected chi connectivity index (χ4v) is 2.72. The van der Waals surface area contributed by atoms with Crippen LogP contribution in [0.25, 0.3) is 0 Å². The summed E-state index contributed by atoms with van der Waals surface area (Å²) in [7, 11) is 0. The molecule has 1 aromatic heterocycles. The Morgan fingerprint density at radius 3 is 3.05 bits per heavy atom. The van der Waals surface area contributed by atoms with Crippen molar-refractivity contribution >= 4 is 29.2 Å². The van der Waals surface area contributed by atoms with Gasteiger partial charge in [0.25, 0.3) is 0 Å². The molecule has 2 heterocycles. The van der Waals surface area contributed by atoms with Gasteiger partial charge in [-0.3, -0.25) is 9.69 Å². The van der Waals surface area contributed by atoms with Crippen molar-refractivity contribution in [2.24, 2.45) is 0 Å². The molecule has 0 radical (unpaired) electrons. The Bertz CT molecular complexity index is 468. The van der Waals surface area contributed by atoms with E-state index in [0.717, 1.165) is 24.9 Å². The van der Waals surface area contributed by atoms with Crippen LogP contribution in [-0.2, 0) is 16.1 Å². The second-order valence-electron chi connectivity index (χ2n) is 4.48. The van der Waals surface area contributed by atoms with Crippen LogP contribution in [0.5, 0.6) is 0 Å². The molecule has 0 N–H and O–H groups in total. The highest BCUT2D eigenvalue weighted by molar-refractivity contribution is 6.34. The Hall–Kier alpha value is -0.840. The van der Waals surface area contributed by atoms with Gasteiger partial charge in [0, 0.05) is 23.3 Å². The van der Waals surface area contributed by atoms with Gasteiger partial charge in [-0.15, -0.1) is 0 Å². The second kappa shape index (κ2) is 6.55. The SMILES string of the molecule is CCOC(=O)C1CCCN1Cc1cnc(Cl)cc1Cl. The van der Waals surface area contributed by atoms with E-state index in [9.17, 15) is 4.79 Å².